The van der Waals surface area contributed by atoms with Crippen molar-refractivity contribution in [3.63, 3.8) is 0 Å². The number of hydrogen-bond acceptors (Lipinski definition) is 3. The Bertz CT molecular complexity index is 621. The smallest absolute Gasteiger partial charge is 0.411 e. The first-order valence-electron chi connectivity index (χ1n) is 6.93. The molecule has 1 amide bonds. The van der Waals surface area contributed by atoms with Gasteiger partial charge in [-0.15, -0.1) is 0 Å². The third-order valence-electron chi connectivity index (χ3n) is 3.73. The maximum Gasteiger partial charge on any atom is 0.411 e. The van der Waals surface area contributed by atoms with Crippen molar-refractivity contribution in [1.29, 1.82) is 0 Å². The number of ether oxygens (including phenoxy) is 1. The second-order valence-electron chi connectivity index (χ2n) is 5.25. The minimum Gasteiger partial charge on any atom is -0.446 e. The van der Waals surface area contributed by atoms with Crippen LogP contribution in [0, 0.1) is 0 Å². The molecule has 3 rings (SSSR count). The summed E-state index contributed by atoms with van der Waals surface area (Å²) in [5, 5.41) is 4.92. The first-order chi connectivity index (χ1) is 9.72. The van der Waals surface area contributed by atoms with Gasteiger partial charge in [-0.2, -0.15) is 0 Å². The normalized spacial score (nSPS) is 21.9. The summed E-state index contributed by atoms with van der Waals surface area (Å²) in [5.74, 6) is 0. The summed E-state index contributed by atoms with van der Waals surface area (Å²) in [4.78, 5) is 11.9. The molecule has 2 aromatic rings. The molecule has 4 heteroatoms. The van der Waals surface area contributed by atoms with Crippen LogP contribution in [-0.4, -0.2) is 18.2 Å². The maximum absolute atomic E-state index is 11.9. The molecule has 0 saturated heterocycles. The fourth-order valence-corrected chi connectivity index (χ4v) is 2.71. The molecule has 1 aliphatic rings. The summed E-state index contributed by atoms with van der Waals surface area (Å²) in [6, 6.07) is 13.9. The highest BCUT2D eigenvalue weighted by molar-refractivity contribution is 6.00. The van der Waals surface area contributed by atoms with E-state index in [1.165, 1.54) is 0 Å². The van der Waals surface area contributed by atoms with E-state index in [9.17, 15) is 4.79 Å². The van der Waals surface area contributed by atoms with E-state index < -0.39 is 6.09 Å². The molecular formula is C16H18N2O2. The van der Waals surface area contributed by atoms with Crippen LogP contribution in [0.3, 0.4) is 0 Å². The summed E-state index contributed by atoms with van der Waals surface area (Å²) in [5.41, 5.74) is 6.59. The number of carbonyl (C=O) groups excluding carboxylic acids is 1. The predicted octanol–water partition coefficient (Wildman–Crippen LogP) is 3.27. The number of hydrogen-bond donors (Lipinski definition) is 2. The highest BCUT2D eigenvalue weighted by Crippen LogP contribution is 2.24. The summed E-state index contributed by atoms with van der Waals surface area (Å²) in [6.07, 6.45) is 2.07. The molecule has 1 saturated carbocycles. The van der Waals surface area contributed by atoms with Crippen LogP contribution in [-0.2, 0) is 4.74 Å². The van der Waals surface area contributed by atoms with E-state index in [-0.39, 0.29) is 12.1 Å². The van der Waals surface area contributed by atoms with Crippen LogP contribution in [0.4, 0.5) is 10.5 Å². The van der Waals surface area contributed by atoms with Crippen molar-refractivity contribution in [3.8, 4) is 0 Å². The third kappa shape index (κ3) is 2.75. The molecule has 0 aromatic heterocycles. The molecule has 4 nitrogen and oxygen atoms in total. The second-order valence-corrected chi connectivity index (χ2v) is 5.25. The van der Waals surface area contributed by atoms with E-state index >= 15 is 0 Å². The van der Waals surface area contributed by atoms with Crippen molar-refractivity contribution in [2.75, 3.05) is 5.32 Å². The van der Waals surface area contributed by atoms with Crippen LogP contribution in [0.2, 0.25) is 0 Å². The molecule has 104 valence electrons. The lowest BCUT2D eigenvalue weighted by atomic mass is 10.1. The second kappa shape index (κ2) is 5.51. The van der Waals surface area contributed by atoms with E-state index in [0.29, 0.717) is 0 Å². The zero-order chi connectivity index (χ0) is 13.9. The van der Waals surface area contributed by atoms with Gasteiger partial charge in [0.1, 0.15) is 6.10 Å². The largest absolute Gasteiger partial charge is 0.446 e. The van der Waals surface area contributed by atoms with E-state index in [1.54, 1.807) is 0 Å². The minimum atomic E-state index is -0.402. The highest BCUT2D eigenvalue weighted by Gasteiger charge is 2.25. The van der Waals surface area contributed by atoms with Gasteiger partial charge in [0.05, 0.1) is 5.69 Å². The summed E-state index contributed by atoms with van der Waals surface area (Å²) in [6.45, 7) is 0. The maximum atomic E-state index is 11.9. The van der Waals surface area contributed by atoms with E-state index in [4.69, 9.17) is 10.5 Å². The number of anilines is 1. The molecule has 0 aliphatic heterocycles. The first-order valence-corrected chi connectivity index (χ1v) is 6.93. The molecule has 2 unspecified atom stereocenters. The van der Waals surface area contributed by atoms with Crippen molar-refractivity contribution < 1.29 is 9.53 Å². The molecular weight excluding hydrogens is 252 g/mol. The Kier molecular flexibility index (Phi) is 3.56. The molecule has 0 heterocycles. The van der Waals surface area contributed by atoms with Crippen LogP contribution in [0.1, 0.15) is 19.3 Å². The standard InChI is InChI=1S/C16H18N2O2/c17-12-8-9-13(10-12)20-16(19)18-15-7-3-5-11-4-1-2-6-14(11)15/h1-7,12-13H,8-10,17H2,(H,18,19). The Balaban J connectivity index is 1.71. The Morgan fingerprint density at radius 1 is 1.15 bits per heavy atom. The van der Waals surface area contributed by atoms with Gasteiger partial charge in [0.2, 0.25) is 0 Å². The van der Waals surface area contributed by atoms with E-state index in [0.717, 1.165) is 35.7 Å². The summed E-state index contributed by atoms with van der Waals surface area (Å²) >= 11 is 0. The molecule has 20 heavy (non-hydrogen) atoms. The fraction of sp³-hybridized carbons (Fsp3) is 0.312. The van der Waals surface area contributed by atoms with Gasteiger partial charge in [-0.05, 0) is 30.7 Å². The molecule has 2 aromatic carbocycles. The number of carbonyl (C=O) groups is 1. The van der Waals surface area contributed by atoms with Gasteiger partial charge in [-0.1, -0.05) is 36.4 Å². The van der Waals surface area contributed by atoms with Gasteiger partial charge >= 0.3 is 6.09 Å². The van der Waals surface area contributed by atoms with Crippen LogP contribution >= 0.6 is 0 Å². The van der Waals surface area contributed by atoms with Crippen molar-refractivity contribution in [1.82, 2.24) is 0 Å². The number of benzene rings is 2. The van der Waals surface area contributed by atoms with Crippen molar-refractivity contribution in [2.24, 2.45) is 5.73 Å². The molecule has 3 N–H and O–H groups in total. The Labute approximate surface area is 117 Å². The van der Waals surface area contributed by atoms with Crippen LogP contribution in [0.5, 0.6) is 0 Å². The highest BCUT2D eigenvalue weighted by atomic mass is 16.6. The summed E-state index contributed by atoms with van der Waals surface area (Å²) < 4.78 is 5.40. The molecule has 1 aliphatic carbocycles. The van der Waals surface area contributed by atoms with Crippen LogP contribution < -0.4 is 11.1 Å². The van der Waals surface area contributed by atoms with E-state index in [2.05, 4.69) is 5.32 Å². The van der Waals surface area contributed by atoms with Crippen molar-refractivity contribution >= 4 is 22.6 Å². The zero-order valence-corrected chi connectivity index (χ0v) is 11.2. The quantitative estimate of drug-likeness (QED) is 0.880. The molecule has 2 atom stereocenters. The zero-order valence-electron chi connectivity index (χ0n) is 11.2. The lowest BCUT2D eigenvalue weighted by Crippen LogP contribution is -2.22. The number of nitrogens with two attached hydrogens (primary N) is 1. The summed E-state index contributed by atoms with van der Waals surface area (Å²) in [7, 11) is 0. The number of fused-ring (bicyclic) bond motifs is 1. The Morgan fingerprint density at radius 3 is 2.75 bits per heavy atom. The van der Waals surface area contributed by atoms with Gasteiger partial charge in [0.15, 0.2) is 0 Å². The average Bonchev–Trinajstić information content (AvgIpc) is 2.84. The molecule has 0 bridgehead atoms. The minimum absolute atomic E-state index is 0.0556. The average molecular weight is 270 g/mol. The predicted molar refractivity (Wildman–Crippen MR) is 79.7 cm³/mol. The van der Waals surface area contributed by atoms with Gasteiger partial charge in [-0.25, -0.2) is 4.79 Å². The molecule has 1 fully saturated rings. The van der Waals surface area contributed by atoms with Gasteiger partial charge in [-0.3, -0.25) is 5.32 Å². The van der Waals surface area contributed by atoms with Crippen molar-refractivity contribution in [3.05, 3.63) is 42.5 Å². The third-order valence-corrected chi connectivity index (χ3v) is 3.73. The number of rotatable bonds is 2. The lowest BCUT2D eigenvalue weighted by molar-refractivity contribution is 0.114. The Hall–Kier alpha value is -2.07. The fourth-order valence-electron chi connectivity index (χ4n) is 2.71. The topological polar surface area (TPSA) is 64.3 Å². The van der Waals surface area contributed by atoms with Crippen LogP contribution in [0.25, 0.3) is 10.8 Å². The SMILES string of the molecule is NC1CCC(OC(=O)Nc2cccc3ccccc23)C1. The molecule has 0 radical (unpaired) electrons. The number of amides is 1. The van der Waals surface area contributed by atoms with Gasteiger partial charge in [0, 0.05) is 11.4 Å². The van der Waals surface area contributed by atoms with Gasteiger partial charge < -0.3 is 10.5 Å². The Morgan fingerprint density at radius 2 is 1.95 bits per heavy atom. The molecule has 0 spiro atoms. The lowest BCUT2D eigenvalue weighted by Gasteiger charge is -2.13. The monoisotopic (exact) mass is 270 g/mol. The first kappa shape index (κ1) is 12.9. The number of nitrogens with one attached hydrogen (secondary N) is 1. The van der Waals surface area contributed by atoms with E-state index in [1.807, 2.05) is 42.5 Å². The van der Waals surface area contributed by atoms with Crippen LogP contribution in [0.15, 0.2) is 42.5 Å². The van der Waals surface area contributed by atoms with Gasteiger partial charge in [0.25, 0.3) is 0 Å². The van der Waals surface area contributed by atoms with Crippen molar-refractivity contribution in [2.45, 2.75) is 31.4 Å².